The molecule has 0 aliphatic rings. The van der Waals surface area contributed by atoms with E-state index < -0.39 is 6.10 Å². The molecule has 6 nitrogen and oxygen atoms in total. The fraction of sp³-hybridized carbons (Fsp3) is 0.432. The number of ether oxygens (including phenoxy) is 2. The number of nitrogens with zero attached hydrogens (tertiary/aromatic N) is 3. The van der Waals surface area contributed by atoms with Crippen molar-refractivity contribution in [2.75, 3.05) is 19.8 Å². The second kappa shape index (κ2) is 15.2. The van der Waals surface area contributed by atoms with E-state index >= 15 is 0 Å². The van der Waals surface area contributed by atoms with E-state index in [-0.39, 0.29) is 13.2 Å². The number of hydrogen-bond donors (Lipinski definition) is 1. The Morgan fingerprint density at radius 1 is 0.651 bits per heavy atom. The summed E-state index contributed by atoms with van der Waals surface area (Å²) < 4.78 is 11.8. The molecule has 0 radical (unpaired) electrons. The third-order valence-corrected chi connectivity index (χ3v) is 7.97. The van der Waals surface area contributed by atoms with E-state index in [0.29, 0.717) is 35.7 Å². The molecule has 0 spiro atoms. The summed E-state index contributed by atoms with van der Waals surface area (Å²) in [7, 11) is 0. The Hall–Kier alpha value is -3.61. The van der Waals surface area contributed by atoms with E-state index in [4.69, 9.17) is 24.4 Å². The van der Waals surface area contributed by atoms with Gasteiger partial charge in [-0.1, -0.05) is 80.6 Å². The van der Waals surface area contributed by atoms with Crippen LogP contribution >= 0.6 is 0 Å². The number of rotatable bonds is 14. The van der Waals surface area contributed by atoms with Gasteiger partial charge in [-0.15, -0.1) is 0 Å². The average molecular weight is 582 g/mol. The van der Waals surface area contributed by atoms with E-state index in [9.17, 15) is 5.11 Å². The molecule has 0 bridgehead atoms. The van der Waals surface area contributed by atoms with E-state index in [1.807, 2.05) is 25.1 Å². The molecule has 3 aromatic carbocycles. The van der Waals surface area contributed by atoms with Crippen molar-refractivity contribution in [1.29, 1.82) is 0 Å². The van der Waals surface area contributed by atoms with Crippen molar-refractivity contribution in [2.45, 2.75) is 80.3 Å². The van der Waals surface area contributed by atoms with Crippen LogP contribution in [0.5, 0.6) is 5.75 Å². The molecule has 0 saturated heterocycles. The molecule has 4 aromatic rings. The number of aryl methyl sites for hydroxylation is 5. The Morgan fingerprint density at radius 2 is 1.16 bits per heavy atom. The molecule has 4 rings (SSSR count). The molecule has 2 unspecified atom stereocenters. The van der Waals surface area contributed by atoms with Crippen LogP contribution in [0.3, 0.4) is 0 Å². The summed E-state index contributed by atoms with van der Waals surface area (Å²) in [5.41, 5.74) is 8.52. The Bertz CT molecular complexity index is 1450. The van der Waals surface area contributed by atoms with Crippen LogP contribution in [0.4, 0.5) is 0 Å². The highest BCUT2D eigenvalue weighted by Crippen LogP contribution is 2.31. The molecule has 0 aliphatic heterocycles. The lowest BCUT2D eigenvalue weighted by molar-refractivity contribution is -0.00109. The number of unbranched alkanes of at least 4 members (excludes halogenated alkanes) is 1. The van der Waals surface area contributed by atoms with E-state index in [1.54, 1.807) is 0 Å². The third kappa shape index (κ3) is 8.71. The van der Waals surface area contributed by atoms with Crippen LogP contribution < -0.4 is 4.74 Å². The van der Waals surface area contributed by atoms with Crippen molar-refractivity contribution < 1.29 is 14.6 Å². The van der Waals surface area contributed by atoms with Crippen LogP contribution in [0.15, 0.2) is 54.6 Å². The standard InChI is InChI=1S/C37H47N3O3/c1-8-10-11-29(9-2)21-42-22-30(41)23-43-31-14-17-34(28(7)20-31)37-39-35(32-15-12-24(3)18-26(32)5)38-36(40-37)33-16-13-25(4)19-27(33)6/h12-20,29-30,41H,8-11,21-23H2,1-7H3. The number of hydrogen-bond acceptors (Lipinski definition) is 6. The van der Waals surface area contributed by atoms with Gasteiger partial charge >= 0.3 is 0 Å². The molecule has 2 atom stereocenters. The normalized spacial score (nSPS) is 12.7. The highest BCUT2D eigenvalue weighted by Gasteiger charge is 2.17. The van der Waals surface area contributed by atoms with Gasteiger partial charge in [-0.25, -0.2) is 15.0 Å². The maximum absolute atomic E-state index is 10.5. The lowest BCUT2D eigenvalue weighted by Gasteiger charge is -2.17. The quantitative estimate of drug-likeness (QED) is 0.161. The van der Waals surface area contributed by atoms with Crippen molar-refractivity contribution in [3.05, 3.63) is 82.4 Å². The van der Waals surface area contributed by atoms with Gasteiger partial charge in [-0.3, -0.25) is 0 Å². The van der Waals surface area contributed by atoms with Gasteiger partial charge < -0.3 is 14.6 Å². The van der Waals surface area contributed by atoms with Crippen LogP contribution in [0.2, 0.25) is 0 Å². The molecule has 0 aliphatic carbocycles. The van der Waals surface area contributed by atoms with E-state index in [0.717, 1.165) is 39.8 Å². The van der Waals surface area contributed by atoms with E-state index in [2.05, 4.69) is 77.9 Å². The molecule has 43 heavy (non-hydrogen) atoms. The van der Waals surface area contributed by atoms with Crippen LogP contribution in [-0.4, -0.2) is 46.0 Å². The highest BCUT2D eigenvalue weighted by atomic mass is 16.5. The molecule has 0 amide bonds. The summed E-state index contributed by atoms with van der Waals surface area (Å²) in [6.45, 7) is 15.9. The van der Waals surface area contributed by atoms with Crippen molar-refractivity contribution in [2.24, 2.45) is 5.92 Å². The van der Waals surface area contributed by atoms with Gasteiger partial charge in [-0.05, 0) is 81.8 Å². The van der Waals surface area contributed by atoms with Gasteiger partial charge in [0.2, 0.25) is 0 Å². The zero-order chi connectivity index (χ0) is 30.9. The lowest BCUT2D eigenvalue weighted by atomic mass is 10.0. The molecule has 0 fully saturated rings. The Balaban J connectivity index is 1.55. The highest BCUT2D eigenvalue weighted by molar-refractivity contribution is 5.71. The summed E-state index contributed by atoms with van der Waals surface area (Å²) in [6, 6.07) is 18.5. The summed E-state index contributed by atoms with van der Waals surface area (Å²) >= 11 is 0. The van der Waals surface area contributed by atoms with Gasteiger partial charge in [0.05, 0.1) is 6.61 Å². The van der Waals surface area contributed by atoms with Crippen LogP contribution in [0.1, 0.15) is 67.3 Å². The maximum Gasteiger partial charge on any atom is 0.164 e. The van der Waals surface area contributed by atoms with Gasteiger partial charge in [0.1, 0.15) is 18.5 Å². The van der Waals surface area contributed by atoms with Gasteiger partial charge in [0.15, 0.2) is 17.5 Å². The van der Waals surface area contributed by atoms with Crippen LogP contribution in [0.25, 0.3) is 34.2 Å². The molecule has 1 heterocycles. The SMILES string of the molecule is CCCCC(CC)COCC(O)COc1ccc(-c2nc(-c3ccc(C)cc3C)nc(-c3ccc(C)cc3C)n2)c(C)c1. The first kappa shape index (κ1) is 32.3. The molecular formula is C37H47N3O3. The van der Waals surface area contributed by atoms with Gasteiger partial charge in [0, 0.05) is 23.3 Å². The smallest absolute Gasteiger partial charge is 0.164 e. The Labute approximate surface area is 257 Å². The Morgan fingerprint density at radius 3 is 1.63 bits per heavy atom. The summed E-state index contributed by atoms with van der Waals surface area (Å²) in [5, 5.41) is 10.5. The first-order chi connectivity index (χ1) is 20.7. The number of aliphatic hydroxyl groups is 1. The largest absolute Gasteiger partial charge is 0.491 e. The molecule has 1 N–H and O–H groups in total. The predicted octanol–water partition coefficient (Wildman–Crippen LogP) is 8.39. The van der Waals surface area contributed by atoms with Crippen LogP contribution in [0, 0.1) is 40.5 Å². The second-order valence-electron chi connectivity index (χ2n) is 11.8. The first-order valence-corrected chi connectivity index (χ1v) is 15.6. The topological polar surface area (TPSA) is 77.4 Å². The fourth-order valence-corrected chi connectivity index (χ4v) is 5.35. The predicted molar refractivity (Wildman–Crippen MR) is 175 cm³/mol. The van der Waals surface area contributed by atoms with Crippen molar-refractivity contribution >= 4 is 0 Å². The molecule has 0 saturated carbocycles. The molecule has 1 aromatic heterocycles. The number of aliphatic hydroxyl groups excluding tert-OH is 1. The number of aromatic nitrogens is 3. The second-order valence-corrected chi connectivity index (χ2v) is 11.8. The lowest BCUT2D eigenvalue weighted by Crippen LogP contribution is -2.25. The first-order valence-electron chi connectivity index (χ1n) is 15.6. The zero-order valence-electron chi connectivity index (χ0n) is 26.9. The van der Waals surface area contributed by atoms with Crippen molar-refractivity contribution in [1.82, 2.24) is 15.0 Å². The van der Waals surface area contributed by atoms with Gasteiger partial charge in [0.25, 0.3) is 0 Å². The summed E-state index contributed by atoms with van der Waals surface area (Å²) in [4.78, 5) is 14.9. The molecule has 228 valence electrons. The summed E-state index contributed by atoms with van der Waals surface area (Å²) in [5.74, 6) is 3.16. The minimum absolute atomic E-state index is 0.171. The molecule has 6 heteroatoms. The molecular weight excluding hydrogens is 534 g/mol. The number of benzene rings is 3. The maximum atomic E-state index is 10.5. The Kier molecular flexibility index (Phi) is 11.4. The summed E-state index contributed by atoms with van der Waals surface area (Å²) in [6.07, 6.45) is 3.99. The van der Waals surface area contributed by atoms with E-state index in [1.165, 1.54) is 30.4 Å². The van der Waals surface area contributed by atoms with Gasteiger partial charge in [-0.2, -0.15) is 0 Å². The monoisotopic (exact) mass is 581 g/mol. The fourth-order valence-electron chi connectivity index (χ4n) is 5.35. The third-order valence-electron chi connectivity index (χ3n) is 7.97. The van der Waals surface area contributed by atoms with Crippen molar-refractivity contribution in [3.8, 4) is 39.9 Å². The minimum Gasteiger partial charge on any atom is -0.491 e. The van der Waals surface area contributed by atoms with Crippen molar-refractivity contribution in [3.63, 3.8) is 0 Å². The van der Waals surface area contributed by atoms with Crippen LogP contribution in [-0.2, 0) is 4.74 Å². The average Bonchev–Trinajstić information content (AvgIpc) is 2.97. The zero-order valence-corrected chi connectivity index (χ0v) is 26.9. The minimum atomic E-state index is -0.687.